The first-order valence-corrected chi connectivity index (χ1v) is 12.9. The van der Waals surface area contributed by atoms with Crippen molar-refractivity contribution >= 4 is 5.57 Å². The average molecular weight is 505 g/mol. The van der Waals surface area contributed by atoms with Crippen molar-refractivity contribution in [1.82, 2.24) is 0 Å². The molecule has 1 nitrogen and oxygen atoms in total. The van der Waals surface area contributed by atoms with Gasteiger partial charge in [0.1, 0.15) is 0 Å². The van der Waals surface area contributed by atoms with Crippen molar-refractivity contribution in [1.29, 1.82) is 0 Å². The summed E-state index contributed by atoms with van der Waals surface area (Å²) in [5.74, 6) is -0.244. The third-order valence-corrected chi connectivity index (χ3v) is 7.70. The lowest BCUT2D eigenvalue weighted by molar-refractivity contribution is -0.135. The topological polar surface area (TPSA) is 9.23 Å². The number of rotatable bonds is 8. The van der Waals surface area contributed by atoms with E-state index in [1.54, 1.807) is 6.07 Å². The minimum Gasteiger partial charge on any atom is -0.426 e. The summed E-state index contributed by atoms with van der Waals surface area (Å²) in [7, 11) is 0. The van der Waals surface area contributed by atoms with Crippen LogP contribution in [0.1, 0.15) is 80.9 Å². The predicted octanol–water partition coefficient (Wildman–Crippen LogP) is 9.69. The molecule has 1 saturated carbocycles. The second-order valence-electron chi connectivity index (χ2n) is 10.1. The van der Waals surface area contributed by atoms with Crippen molar-refractivity contribution < 1.29 is 26.7 Å². The molecule has 0 amide bonds. The molecule has 0 bridgehead atoms. The molecule has 0 aromatic heterocycles. The van der Waals surface area contributed by atoms with Gasteiger partial charge in [0, 0.05) is 0 Å². The van der Waals surface area contributed by atoms with Crippen molar-refractivity contribution in [3.63, 3.8) is 0 Å². The molecule has 2 aromatic carbocycles. The Morgan fingerprint density at radius 3 is 2.28 bits per heavy atom. The smallest absolute Gasteiger partial charge is 0.425 e. The fourth-order valence-electron chi connectivity index (χ4n) is 5.80. The molecule has 1 atom stereocenters. The fraction of sp³-hybridized carbons (Fsp3) is 0.467. The maximum absolute atomic E-state index is 14.4. The highest BCUT2D eigenvalue weighted by Crippen LogP contribution is 2.44. The summed E-state index contributed by atoms with van der Waals surface area (Å²) in [6.45, 7) is 2.19. The Labute approximate surface area is 210 Å². The molecular weight excluding hydrogens is 471 g/mol. The summed E-state index contributed by atoms with van der Waals surface area (Å²) >= 11 is 0. The molecule has 194 valence electrons. The first kappa shape index (κ1) is 26.4. The molecule has 1 fully saturated rings. The van der Waals surface area contributed by atoms with Gasteiger partial charge in [-0.05, 0) is 104 Å². The maximum Gasteiger partial charge on any atom is 0.425 e. The van der Waals surface area contributed by atoms with E-state index in [2.05, 4.69) is 42.0 Å². The van der Waals surface area contributed by atoms with E-state index < -0.39 is 29.8 Å². The number of hydrogen-bond donors (Lipinski definition) is 0. The van der Waals surface area contributed by atoms with Crippen LogP contribution in [0.2, 0.25) is 0 Å². The molecule has 36 heavy (non-hydrogen) atoms. The Kier molecular flexibility index (Phi) is 8.53. The number of alkyl halides is 2. The van der Waals surface area contributed by atoms with Gasteiger partial charge in [-0.3, -0.25) is 0 Å². The zero-order valence-corrected chi connectivity index (χ0v) is 20.6. The van der Waals surface area contributed by atoms with Crippen LogP contribution >= 0.6 is 0 Å². The first-order chi connectivity index (χ1) is 17.2. The third kappa shape index (κ3) is 6.77. The van der Waals surface area contributed by atoms with E-state index in [9.17, 15) is 22.0 Å². The minimum atomic E-state index is -4.27. The average Bonchev–Trinajstić information content (AvgIpc) is 2.85. The highest BCUT2D eigenvalue weighted by Gasteiger charge is 2.33. The zero-order valence-electron chi connectivity index (χ0n) is 20.6. The van der Waals surface area contributed by atoms with Crippen LogP contribution in [0.3, 0.4) is 0 Å². The molecule has 0 N–H and O–H groups in total. The molecule has 4 rings (SSSR count). The van der Waals surface area contributed by atoms with E-state index in [0.29, 0.717) is 11.8 Å². The molecule has 0 saturated heterocycles. The molecule has 2 aromatic rings. The second-order valence-corrected chi connectivity index (χ2v) is 10.1. The molecule has 0 spiro atoms. The number of benzene rings is 2. The van der Waals surface area contributed by atoms with Gasteiger partial charge < -0.3 is 4.74 Å². The molecule has 0 heterocycles. The second kappa shape index (κ2) is 11.6. The standard InChI is InChI=1S/C30H33F5O/c1-2-3-20-4-6-21(7-5-20)22-8-10-23(11-9-22)24-12-14-25(15-13-24)26-16-17-28(27(31)18-26)36-30(34,35)19-29(32)33/h4-8,16-19,23-25H,2-3,9-15H2,1H3. The van der Waals surface area contributed by atoms with Gasteiger partial charge in [-0.15, -0.1) is 0 Å². The lowest BCUT2D eigenvalue weighted by Crippen LogP contribution is -2.23. The van der Waals surface area contributed by atoms with Crippen molar-refractivity contribution in [2.75, 3.05) is 0 Å². The van der Waals surface area contributed by atoms with Gasteiger partial charge in [0.05, 0.1) is 6.08 Å². The molecule has 0 aliphatic heterocycles. The van der Waals surface area contributed by atoms with Gasteiger partial charge in [0.25, 0.3) is 6.08 Å². The van der Waals surface area contributed by atoms with Gasteiger partial charge in [0.2, 0.25) is 0 Å². The normalized spacial score (nSPS) is 22.6. The van der Waals surface area contributed by atoms with Gasteiger partial charge in [0.15, 0.2) is 11.6 Å². The van der Waals surface area contributed by atoms with Crippen molar-refractivity contribution in [2.24, 2.45) is 11.8 Å². The molecular formula is C30H33F5O. The summed E-state index contributed by atoms with van der Waals surface area (Å²) in [6.07, 6.45) is 4.51. The third-order valence-electron chi connectivity index (χ3n) is 7.70. The van der Waals surface area contributed by atoms with E-state index in [1.807, 2.05) is 0 Å². The fourth-order valence-corrected chi connectivity index (χ4v) is 5.80. The molecule has 1 unspecified atom stereocenters. The Bertz CT molecular complexity index is 1080. The number of allylic oxidation sites excluding steroid dienone is 2. The van der Waals surface area contributed by atoms with E-state index in [4.69, 9.17) is 0 Å². The van der Waals surface area contributed by atoms with E-state index in [0.717, 1.165) is 63.0 Å². The number of hydrogen-bond acceptors (Lipinski definition) is 1. The number of ether oxygens (including phenoxy) is 1. The summed E-state index contributed by atoms with van der Waals surface area (Å²) in [5.41, 5.74) is 4.90. The highest BCUT2D eigenvalue weighted by molar-refractivity contribution is 5.66. The quantitative estimate of drug-likeness (QED) is 0.325. The van der Waals surface area contributed by atoms with Crippen LogP contribution in [-0.4, -0.2) is 6.11 Å². The van der Waals surface area contributed by atoms with Crippen molar-refractivity contribution in [3.05, 3.63) is 83.2 Å². The van der Waals surface area contributed by atoms with Crippen LogP contribution in [0, 0.1) is 17.7 Å². The molecule has 2 aliphatic carbocycles. The number of aryl methyl sites for hydroxylation is 1. The van der Waals surface area contributed by atoms with E-state index in [-0.39, 0.29) is 5.92 Å². The summed E-state index contributed by atoms with van der Waals surface area (Å²) in [5, 5.41) is 0. The maximum atomic E-state index is 14.4. The van der Waals surface area contributed by atoms with Crippen LogP contribution in [-0.2, 0) is 6.42 Å². The van der Waals surface area contributed by atoms with Gasteiger partial charge >= 0.3 is 6.11 Å². The van der Waals surface area contributed by atoms with E-state index >= 15 is 0 Å². The van der Waals surface area contributed by atoms with Gasteiger partial charge in [-0.25, -0.2) is 4.39 Å². The lowest BCUT2D eigenvalue weighted by atomic mass is 9.70. The highest BCUT2D eigenvalue weighted by atomic mass is 19.3. The van der Waals surface area contributed by atoms with Gasteiger partial charge in [-0.1, -0.05) is 49.8 Å². The van der Waals surface area contributed by atoms with Crippen molar-refractivity contribution in [2.45, 2.75) is 76.7 Å². The SMILES string of the molecule is CCCc1ccc(C2=CCC(C3CCC(c4ccc(OC(F)(F)C=C(F)F)c(F)c4)CC3)CC2)cc1. The molecule has 0 radical (unpaired) electrons. The van der Waals surface area contributed by atoms with Crippen LogP contribution in [0.25, 0.3) is 5.57 Å². The minimum absolute atomic E-state index is 0.157. The predicted molar refractivity (Wildman–Crippen MR) is 133 cm³/mol. The molecule has 6 heteroatoms. The molecule has 2 aliphatic rings. The van der Waals surface area contributed by atoms with Crippen LogP contribution < -0.4 is 4.74 Å². The van der Waals surface area contributed by atoms with Crippen LogP contribution in [0.4, 0.5) is 22.0 Å². The Morgan fingerprint density at radius 2 is 1.69 bits per heavy atom. The Balaban J connectivity index is 1.30. The van der Waals surface area contributed by atoms with Gasteiger partial charge in [-0.2, -0.15) is 17.6 Å². The summed E-state index contributed by atoms with van der Waals surface area (Å²) in [6, 6.07) is 12.8. The summed E-state index contributed by atoms with van der Waals surface area (Å²) in [4.78, 5) is 0. The summed E-state index contributed by atoms with van der Waals surface area (Å²) < 4.78 is 69.7. The number of halogens is 5. The van der Waals surface area contributed by atoms with Crippen molar-refractivity contribution in [3.8, 4) is 5.75 Å². The monoisotopic (exact) mass is 504 g/mol. The largest absolute Gasteiger partial charge is 0.426 e. The zero-order chi connectivity index (χ0) is 25.7. The van der Waals surface area contributed by atoms with Crippen LogP contribution in [0.15, 0.2) is 60.7 Å². The van der Waals surface area contributed by atoms with E-state index in [1.165, 1.54) is 29.2 Å². The van der Waals surface area contributed by atoms with Crippen LogP contribution in [0.5, 0.6) is 5.75 Å². The Hall–Kier alpha value is -2.63. The Morgan fingerprint density at radius 1 is 0.972 bits per heavy atom. The first-order valence-electron chi connectivity index (χ1n) is 12.9. The lowest BCUT2D eigenvalue weighted by Gasteiger charge is -2.35.